The van der Waals surface area contributed by atoms with Crippen LogP contribution in [0.2, 0.25) is 0 Å². The minimum Gasteiger partial charge on any atom is -0.363 e. The van der Waals surface area contributed by atoms with Crippen molar-refractivity contribution < 1.29 is 14.4 Å². The predicted molar refractivity (Wildman–Crippen MR) is 97.0 cm³/mol. The maximum absolute atomic E-state index is 12.7. The molecule has 8 heteroatoms. The van der Waals surface area contributed by atoms with E-state index in [2.05, 4.69) is 15.3 Å². The number of nitrogens with one attached hydrogen (secondary N) is 1. The third-order valence-corrected chi connectivity index (χ3v) is 3.93. The summed E-state index contributed by atoms with van der Waals surface area (Å²) in [4.78, 5) is 44.3. The van der Waals surface area contributed by atoms with Gasteiger partial charge in [-0.1, -0.05) is 30.3 Å². The van der Waals surface area contributed by atoms with Gasteiger partial charge in [-0.05, 0) is 17.7 Å². The predicted octanol–water partition coefficient (Wildman–Crippen LogP) is 0.663. The van der Waals surface area contributed by atoms with Crippen LogP contribution in [0.25, 0.3) is 5.69 Å². The third-order valence-electron chi connectivity index (χ3n) is 3.93. The molecule has 2 aromatic heterocycles. The second-order valence-corrected chi connectivity index (χ2v) is 5.77. The lowest BCUT2D eigenvalue weighted by atomic mass is 10.0. The van der Waals surface area contributed by atoms with Crippen LogP contribution in [0.5, 0.6) is 0 Å². The van der Waals surface area contributed by atoms with E-state index in [0.29, 0.717) is 5.69 Å². The number of hydrogen-bond donors (Lipinski definition) is 2. The van der Waals surface area contributed by atoms with Crippen molar-refractivity contribution in [2.24, 2.45) is 5.73 Å². The average Bonchev–Trinajstić information content (AvgIpc) is 3.18. The molecule has 0 saturated carbocycles. The number of nitrogens with two attached hydrogens (primary N) is 1. The lowest BCUT2D eigenvalue weighted by molar-refractivity contribution is -0.137. The number of rotatable bonds is 7. The molecule has 0 spiro atoms. The number of benzene rings is 1. The summed E-state index contributed by atoms with van der Waals surface area (Å²) in [6.45, 7) is 0. The molecule has 3 N–H and O–H groups in total. The Balaban J connectivity index is 1.84. The second-order valence-electron chi connectivity index (χ2n) is 5.77. The van der Waals surface area contributed by atoms with Crippen molar-refractivity contribution in [1.82, 2.24) is 19.9 Å². The van der Waals surface area contributed by atoms with Crippen molar-refractivity contribution >= 4 is 17.6 Å². The lowest BCUT2D eigenvalue weighted by Gasteiger charge is -2.16. The first-order valence-corrected chi connectivity index (χ1v) is 8.18. The van der Waals surface area contributed by atoms with Crippen molar-refractivity contribution in [1.29, 1.82) is 0 Å². The fourth-order valence-electron chi connectivity index (χ4n) is 2.64. The van der Waals surface area contributed by atoms with Gasteiger partial charge in [0.2, 0.25) is 11.6 Å². The fraction of sp³-hybridized carbons (Fsp3) is 0.105. The molecule has 0 radical (unpaired) electrons. The first kappa shape index (κ1) is 18.0. The Hall–Kier alpha value is -3.81. The molecule has 0 fully saturated rings. The van der Waals surface area contributed by atoms with E-state index in [1.54, 1.807) is 59.6 Å². The van der Waals surface area contributed by atoms with E-state index in [4.69, 9.17) is 5.73 Å². The molecule has 2 amide bonds. The molecule has 27 heavy (non-hydrogen) atoms. The summed E-state index contributed by atoms with van der Waals surface area (Å²) in [5.74, 6) is -2.48. The smallest absolute Gasteiger partial charge is 0.288 e. The van der Waals surface area contributed by atoms with E-state index < -0.39 is 23.6 Å². The molecular weight excluding hydrogens is 346 g/mol. The van der Waals surface area contributed by atoms with Crippen molar-refractivity contribution in [2.75, 3.05) is 0 Å². The molecule has 0 saturated heterocycles. The van der Waals surface area contributed by atoms with Gasteiger partial charge < -0.3 is 11.1 Å². The summed E-state index contributed by atoms with van der Waals surface area (Å²) in [5.41, 5.74) is 6.61. The van der Waals surface area contributed by atoms with Crippen LogP contribution in [0.15, 0.2) is 67.3 Å². The van der Waals surface area contributed by atoms with Crippen LogP contribution in [0.1, 0.15) is 16.2 Å². The van der Waals surface area contributed by atoms with E-state index in [-0.39, 0.29) is 12.2 Å². The Labute approximate surface area is 155 Å². The molecule has 0 bridgehead atoms. The van der Waals surface area contributed by atoms with Crippen molar-refractivity contribution in [2.45, 2.75) is 12.5 Å². The lowest BCUT2D eigenvalue weighted by Crippen LogP contribution is -2.47. The number of nitrogens with zero attached hydrogens (tertiary/aromatic N) is 3. The van der Waals surface area contributed by atoms with Crippen LogP contribution >= 0.6 is 0 Å². The number of Topliss-reactive ketones (excluding diaryl/α,β-unsaturated/α-hetero) is 1. The first-order chi connectivity index (χ1) is 13.1. The van der Waals surface area contributed by atoms with Crippen LogP contribution in [0, 0.1) is 0 Å². The van der Waals surface area contributed by atoms with Crippen LogP contribution in [0.4, 0.5) is 0 Å². The number of pyridine rings is 1. The van der Waals surface area contributed by atoms with Gasteiger partial charge in [0.1, 0.15) is 6.04 Å². The standard InChI is InChI=1S/C19H17N5O3/c20-17(26)16(25)15(12-13-4-2-1-3-5-13)23-19(27)18-22-10-11-24(18)14-6-8-21-9-7-14/h1-11,15H,12H2,(H2,20,26)(H,23,27). The average molecular weight is 363 g/mol. The van der Waals surface area contributed by atoms with Crippen molar-refractivity contribution in [3.05, 3.63) is 78.6 Å². The van der Waals surface area contributed by atoms with Crippen molar-refractivity contribution in [3.8, 4) is 5.69 Å². The molecule has 3 rings (SSSR count). The van der Waals surface area contributed by atoms with Gasteiger partial charge in [-0.3, -0.25) is 23.9 Å². The Morgan fingerprint density at radius 2 is 1.74 bits per heavy atom. The van der Waals surface area contributed by atoms with Gasteiger partial charge in [0.25, 0.3) is 11.8 Å². The molecule has 0 aliphatic heterocycles. The monoisotopic (exact) mass is 363 g/mol. The second kappa shape index (κ2) is 8.05. The van der Waals surface area contributed by atoms with E-state index in [9.17, 15) is 14.4 Å². The zero-order valence-electron chi connectivity index (χ0n) is 14.3. The number of imidazole rings is 1. The molecule has 8 nitrogen and oxygen atoms in total. The number of ketones is 1. The zero-order valence-corrected chi connectivity index (χ0v) is 14.3. The normalized spacial score (nSPS) is 11.6. The number of carbonyl (C=O) groups excluding carboxylic acids is 3. The zero-order chi connectivity index (χ0) is 19.2. The Kier molecular flexibility index (Phi) is 5.36. The quantitative estimate of drug-likeness (QED) is 0.598. The number of primary amides is 1. The number of carbonyl (C=O) groups is 3. The van der Waals surface area contributed by atoms with Gasteiger partial charge in [-0.25, -0.2) is 4.98 Å². The van der Waals surface area contributed by atoms with Crippen LogP contribution in [-0.4, -0.2) is 38.2 Å². The van der Waals surface area contributed by atoms with Gasteiger partial charge in [-0.15, -0.1) is 0 Å². The van der Waals surface area contributed by atoms with Gasteiger partial charge in [0.05, 0.1) is 5.69 Å². The summed E-state index contributed by atoms with van der Waals surface area (Å²) >= 11 is 0. The third kappa shape index (κ3) is 4.24. The summed E-state index contributed by atoms with van der Waals surface area (Å²) in [6.07, 6.45) is 6.41. The SMILES string of the molecule is NC(=O)C(=O)C(Cc1ccccc1)NC(=O)c1nccn1-c1ccncc1. The van der Waals surface area contributed by atoms with Gasteiger partial charge in [0, 0.05) is 31.2 Å². The maximum Gasteiger partial charge on any atom is 0.288 e. The van der Waals surface area contributed by atoms with Crippen LogP contribution in [-0.2, 0) is 16.0 Å². The Morgan fingerprint density at radius 1 is 1.04 bits per heavy atom. The summed E-state index contributed by atoms with van der Waals surface area (Å²) in [7, 11) is 0. The summed E-state index contributed by atoms with van der Waals surface area (Å²) < 4.78 is 1.56. The molecule has 3 aromatic rings. The van der Waals surface area contributed by atoms with E-state index in [1.807, 2.05) is 6.07 Å². The van der Waals surface area contributed by atoms with Gasteiger partial charge in [0.15, 0.2) is 0 Å². The molecule has 136 valence electrons. The largest absolute Gasteiger partial charge is 0.363 e. The highest BCUT2D eigenvalue weighted by atomic mass is 16.2. The number of amides is 2. The highest BCUT2D eigenvalue weighted by molar-refractivity contribution is 6.38. The number of aromatic nitrogens is 3. The Bertz CT molecular complexity index is 954. The maximum atomic E-state index is 12.7. The Morgan fingerprint density at radius 3 is 2.41 bits per heavy atom. The number of hydrogen-bond acceptors (Lipinski definition) is 5. The fourth-order valence-corrected chi connectivity index (χ4v) is 2.64. The molecule has 2 heterocycles. The van der Waals surface area contributed by atoms with E-state index in [1.165, 1.54) is 6.20 Å². The minimum absolute atomic E-state index is 0.0801. The molecule has 1 unspecified atom stereocenters. The topological polar surface area (TPSA) is 120 Å². The molecular formula is C19H17N5O3. The minimum atomic E-state index is -1.10. The first-order valence-electron chi connectivity index (χ1n) is 8.18. The molecule has 1 atom stereocenters. The summed E-state index contributed by atoms with van der Waals surface area (Å²) in [6, 6.07) is 11.4. The van der Waals surface area contributed by atoms with Gasteiger partial charge >= 0.3 is 0 Å². The molecule has 0 aliphatic carbocycles. The van der Waals surface area contributed by atoms with E-state index in [0.717, 1.165) is 5.56 Å². The highest BCUT2D eigenvalue weighted by Gasteiger charge is 2.27. The molecule has 1 aromatic carbocycles. The highest BCUT2D eigenvalue weighted by Crippen LogP contribution is 2.10. The molecule has 0 aliphatic rings. The summed E-state index contributed by atoms with van der Waals surface area (Å²) in [5, 5.41) is 2.57. The van der Waals surface area contributed by atoms with E-state index >= 15 is 0 Å². The van der Waals surface area contributed by atoms with Gasteiger partial charge in [-0.2, -0.15) is 0 Å². The van der Waals surface area contributed by atoms with Crippen molar-refractivity contribution in [3.63, 3.8) is 0 Å². The van der Waals surface area contributed by atoms with Crippen LogP contribution < -0.4 is 11.1 Å². The van der Waals surface area contributed by atoms with Crippen LogP contribution in [0.3, 0.4) is 0 Å².